The Labute approximate surface area is 158 Å². The maximum absolute atomic E-state index is 12.9. The Balaban J connectivity index is 1.81. The van der Waals surface area contributed by atoms with Crippen LogP contribution in [0.2, 0.25) is 0 Å². The van der Waals surface area contributed by atoms with Crippen molar-refractivity contribution in [2.75, 3.05) is 17.2 Å². The molecule has 0 unspecified atom stereocenters. The average Bonchev–Trinajstić information content (AvgIpc) is 2.65. The van der Waals surface area contributed by atoms with E-state index in [-0.39, 0.29) is 5.91 Å². The van der Waals surface area contributed by atoms with Crippen molar-refractivity contribution in [1.82, 2.24) is 9.97 Å². The zero-order valence-corrected chi connectivity index (χ0v) is 16.4. The lowest BCUT2D eigenvalue weighted by molar-refractivity contribution is -0.116. The highest BCUT2D eigenvalue weighted by molar-refractivity contribution is 7.99. The van der Waals surface area contributed by atoms with Crippen LogP contribution in [0.5, 0.6) is 0 Å². The molecule has 0 saturated heterocycles. The van der Waals surface area contributed by atoms with Crippen LogP contribution in [0.25, 0.3) is 10.8 Å². The van der Waals surface area contributed by atoms with Crippen LogP contribution in [-0.2, 0) is 4.79 Å². The first-order valence-electron chi connectivity index (χ1n) is 8.74. The van der Waals surface area contributed by atoms with Gasteiger partial charge in [-0.15, -0.1) is 0 Å². The molecule has 1 heterocycles. The van der Waals surface area contributed by atoms with Crippen LogP contribution in [0.4, 0.5) is 5.69 Å². The van der Waals surface area contributed by atoms with E-state index in [0.717, 1.165) is 33.4 Å². The van der Waals surface area contributed by atoms with Gasteiger partial charge in [-0.25, -0.2) is 9.97 Å². The third kappa shape index (κ3) is 3.73. The number of amides is 1. The highest BCUT2D eigenvalue weighted by Crippen LogP contribution is 2.27. The molecule has 2 aromatic carbocycles. The number of aromatic nitrogens is 2. The second kappa shape index (κ2) is 7.87. The third-order valence-electron chi connectivity index (χ3n) is 4.61. The molecule has 0 aliphatic carbocycles. The number of hydrogen-bond acceptors (Lipinski definition) is 4. The Bertz CT molecular complexity index is 927. The van der Waals surface area contributed by atoms with Gasteiger partial charge in [-0.05, 0) is 44.7 Å². The van der Waals surface area contributed by atoms with Crippen molar-refractivity contribution >= 4 is 34.1 Å². The lowest BCUT2D eigenvalue weighted by Crippen LogP contribution is -2.32. The van der Waals surface area contributed by atoms with E-state index in [1.54, 1.807) is 0 Å². The molecule has 0 spiro atoms. The number of hydrogen-bond donors (Lipinski definition) is 0. The van der Waals surface area contributed by atoms with Crippen molar-refractivity contribution in [2.24, 2.45) is 0 Å². The summed E-state index contributed by atoms with van der Waals surface area (Å²) >= 11 is 1.40. The van der Waals surface area contributed by atoms with E-state index in [2.05, 4.69) is 28.2 Å². The maximum atomic E-state index is 12.9. The van der Waals surface area contributed by atoms with E-state index in [9.17, 15) is 4.79 Å². The minimum atomic E-state index is 0.0633. The molecule has 3 aromatic rings. The second-order valence-corrected chi connectivity index (χ2v) is 7.17. The summed E-state index contributed by atoms with van der Waals surface area (Å²) in [6.07, 6.45) is 0. The Hall–Kier alpha value is -2.40. The Morgan fingerprint density at radius 2 is 1.65 bits per heavy atom. The largest absolute Gasteiger partial charge is 0.311 e. The first-order chi connectivity index (χ1) is 12.5. The molecule has 1 amide bonds. The van der Waals surface area contributed by atoms with Crippen LogP contribution in [0.1, 0.15) is 23.9 Å². The number of benzene rings is 2. The molecular weight excluding hydrogens is 342 g/mol. The van der Waals surface area contributed by atoms with Crippen LogP contribution in [0, 0.1) is 20.8 Å². The number of carbonyl (C=O) groups is 1. The molecule has 0 bridgehead atoms. The number of thioether (sulfide) groups is 1. The standard InChI is InChI=1S/C21H23N3OS/c1-5-24(19-12-8-10-17-9-6-7-11-18(17)19)20(25)13-26-21-22-15(3)14(2)16(4)23-21/h6-12H,5,13H2,1-4H3. The first kappa shape index (κ1) is 18.4. The van der Waals surface area contributed by atoms with Crippen molar-refractivity contribution < 1.29 is 4.79 Å². The van der Waals surface area contributed by atoms with Crippen LogP contribution >= 0.6 is 11.8 Å². The molecule has 0 atom stereocenters. The van der Waals surface area contributed by atoms with Crippen molar-refractivity contribution in [3.8, 4) is 0 Å². The number of fused-ring (bicyclic) bond motifs is 1. The van der Waals surface area contributed by atoms with E-state index >= 15 is 0 Å². The fourth-order valence-corrected chi connectivity index (χ4v) is 3.75. The minimum absolute atomic E-state index is 0.0633. The molecule has 134 valence electrons. The molecular formula is C21H23N3OS. The fourth-order valence-electron chi connectivity index (χ4n) is 2.93. The molecule has 0 N–H and O–H groups in total. The second-order valence-electron chi connectivity index (χ2n) is 6.23. The summed E-state index contributed by atoms with van der Waals surface area (Å²) < 4.78 is 0. The normalized spacial score (nSPS) is 10.9. The van der Waals surface area contributed by atoms with E-state index in [0.29, 0.717) is 17.5 Å². The first-order valence-corrected chi connectivity index (χ1v) is 9.72. The van der Waals surface area contributed by atoms with Gasteiger partial charge in [-0.2, -0.15) is 0 Å². The Morgan fingerprint density at radius 3 is 2.35 bits per heavy atom. The molecule has 0 fully saturated rings. The molecule has 3 rings (SSSR count). The summed E-state index contributed by atoms with van der Waals surface area (Å²) in [5.41, 5.74) is 3.99. The van der Waals surface area contributed by atoms with Gasteiger partial charge in [0.25, 0.3) is 0 Å². The highest BCUT2D eigenvalue weighted by atomic mass is 32.2. The van der Waals surface area contributed by atoms with Crippen LogP contribution in [0.15, 0.2) is 47.6 Å². The lowest BCUT2D eigenvalue weighted by atomic mass is 10.1. The molecule has 26 heavy (non-hydrogen) atoms. The van der Waals surface area contributed by atoms with Gasteiger partial charge < -0.3 is 4.90 Å². The van der Waals surface area contributed by atoms with Crippen molar-refractivity contribution in [3.05, 3.63) is 59.4 Å². The van der Waals surface area contributed by atoms with E-state index in [4.69, 9.17) is 0 Å². The minimum Gasteiger partial charge on any atom is -0.311 e. The average molecular weight is 366 g/mol. The molecule has 0 aliphatic heterocycles. The molecule has 0 radical (unpaired) electrons. The fraction of sp³-hybridized carbons (Fsp3) is 0.286. The summed E-state index contributed by atoms with van der Waals surface area (Å²) in [6.45, 7) is 8.60. The molecule has 0 aliphatic rings. The Morgan fingerprint density at radius 1 is 1.00 bits per heavy atom. The van der Waals surface area contributed by atoms with Crippen LogP contribution in [0.3, 0.4) is 0 Å². The predicted octanol–water partition coefficient (Wildman–Crippen LogP) is 4.70. The van der Waals surface area contributed by atoms with Crippen molar-refractivity contribution in [1.29, 1.82) is 0 Å². The summed E-state index contributed by atoms with van der Waals surface area (Å²) in [5, 5.41) is 2.89. The smallest absolute Gasteiger partial charge is 0.237 e. The quantitative estimate of drug-likeness (QED) is 0.486. The number of aryl methyl sites for hydroxylation is 2. The summed E-state index contributed by atoms with van der Waals surface area (Å²) in [6, 6.07) is 14.2. The Kier molecular flexibility index (Phi) is 5.57. The SMILES string of the molecule is CCN(C(=O)CSc1nc(C)c(C)c(C)n1)c1cccc2ccccc12. The number of anilines is 1. The summed E-state index contributed by atoms with van der Waals surface area (Å²) in [7, 11) is 0. The third-order valence-corrected chi connectivity index (χ3v) is 5.44. The molecule has 5 heteroatoms. The van der Waals surface area contributed by atoms with E-state index in [1.165, 1.54) is 11.8 Å². The lowest BCUT2D eigenvalue weighted by Gasteiger charge is -2.22. The van der Waals surface area contributed by atoms with E-state index in [1.807, 2.05) is 56.9 Å². The van der Waals surface area contributed by atoms with Crippen molar-refractivity contribution in [3.63, 3.8) is 0 Å². The van der Waals surface area contributed by atoms with Gasteiger partial charge in [-0.3, -0.25) is 4.79 Å². The summed E-state index contributed by atoms with van der Waals surface area (Å²) in [4.78, 5) is 23.7. The zero-order chi connectivity index (χ0) is 18.7. The van der Waals surface area contributed by atoms with E-state index < -0.39 is 0 Å². The van der Waals surface area contributed by atoms with Gasteiger partial charge in [0.15, 0.2) is 5.16 Å². The number of carbonyl (C=O) groups excluding carboxylic acids is 1. The predicted molar refractivity (Wildman–Crippen MR) is 109 cm³/mol. The van der Waals surface area contributed by atoms with Gasteiger partial charge in [0.05, 0.1) is 11.4 Å². The van der Waals surface area contributed by atoms with Gasteiger partial charge >= 0.3 is 0 Å². The molecule has 0 saturated carbocycles. The number of nitrogens with zero attached hydrogens (tertiary/aromatic N) is 3. The molecule has 4 nitrogen and oxygen atoms in total. The topological polar surface area (TPSA) is 46.1 Å². The summed E-state index contributed by atoms with van der Waals surface area (Å²) in [5.74, 6) is 0.382. The van der Waals surface area contributed by atoms with Crippen molar-refractivity contribution in [2.45, 2.75) is 32.9 Å². The van der Waals surface area contributed by atoms with Gasteiger partial charge in [0.2, 0.25) is 5.91 Å². The highest BCUT2D eigenvalue weighted by Gasteiger charge is 2.17. The zero-order valence-electron chi connectivity index (χ0n) is 15.6. The van der Waals surface area contributed by atoms with Crippen LogP contribution in [-0.4, -0.2) is 28.2 Å². The molecule has 1 aromatic heterocycles. The maximum Gasteiger partial charge on any atom is 0.237 e. The van der Waals surface area contributed by atoms with Gasteiger partial charge in [0.1, 0.15) is 0 Å². The van der Waals surface area contributed by atoms with Gasteiger partial charge in [0, 0.05) is 23.3 Å². The monoisotopic (exact) mass is 365 g/mol. The van der Waals surface area contributed by atoms with Gasteiger partial charge in [-0.1, -0.05) is 48.2 Å². The number of rotatable bonds is 5. The van der Waals surface area contributed by atoms with Crippen LogP contribution < -0.4 is 4.90 Å².